The number of carbonyl (C=O) groups is 1. The topological polar surface area (TPSA) is 56.0 Å². The van der Waals surface area contributed by atoms with Crippen LogP contribution < -0.4 is 0 Å². The van der Waals surface area contributed by atoms with Gasteiger partial charge in [-0.05, 0) is 28.1 Å². The molecular weight excluding hydrogens is 304 g/mol. The summed E-state index contributed by atoms with van der Waals surface area (Å²) in [6.07, 6.45) is 0.206. The average Bonchev–Trinajstić information content (AvgIpc) is 2.86. The van der Waals surface area contributed by atoms with Gasteiger partial charge in [-0.15, -0.1) is 11.3 Å². The summed E-state index contributed by atoms with van der Waals surface area (Å²) < 4.78 is 6.07. The highest BCUT2D eigenvalue weighted by Gasteiger charge is 2.15. The first-order valence-electron chi connectivity index (χ1n) is 5.17. The van der Waals surface area contributed by atoms with Crippen LogP contribution in [0.15, 0.2) is 20.4 Å². The predicted molar refractivity (Wildman–Crippen MR) is 68.9 cm³/mol. The predicted octanol–water partition coefficient (Wildman–Crippen LogP) is 3.33. The van der Waals surface area contributed by atoms with Gasteiger partial charge in [0.15, 0.2) is 0 Å². The van der Waals surface area contributed by atoms with Crippen molar-refractivity contribution >= 4 is 33.0 Å². The number of thiophene rings is 1. The van der Waals surface area contributed by atoms with Gasteiger partial charge in [-0.25, -0.2) is 0 Å². The van der Waals surface area contributed by atoms with Crippen LogP contribution in [0.3, 0.4) is 0 Å². The van der Waals surface area contributed by atoms with Crippen molar-refractivity contribution in [1.29, 1.82) is 0 Å². The third-order valence-corrected chi connectivity index (χ3v) is 3.85. The average molecular weight is 315 g/mol. The fraction of sp³-hybridized carbons (Fsp3) is 0.364. The number of carbonyl (C=O) groups excluding carboxylic acids is 1. The Balaban J connectivity index is 2.14. The van der Waals surface area contributed by atoms with Crippen LogP contribution in [-0.4, -0.2) is 15.9 Å². The lowest BCUT2D eigenvalue weighted by Gasteiger charge is -1.98. The van der Waals surface area contributed by atoms with E-state index in [1.165, 1.54) is 11.3 Å². The number of hydrogen-bond acceptors (Lipinski definition) is 5. The first-order chi connectivity index (χ1) is 8.06. The van der Waals surface area contributed by atoms with E-state index < -0.39 is 0 Å². The SMILES string of the molecule is CC(C)C(=O)Cc1nc(-c2ccc(Br)s2)no1. The van der Waals surface area contributed by atoms with Crippen LogP contribution in [0.4, 0.5) is 0 Å². The number of nitrogens with zero attached hydrogens (tertiary/aromatic N) is 2. The number of halogens is 1. The molecule has 2 aromatic heterocycles. The molecule has 2 rings (SSSR count). The largest absolute Gasteiger partial charge is 0.338 e. The maximum absolute atomic E-state index is 11.5. The van der Waals surface area contributed by atoms with E-state index >= 15 is 0 Å². The summed E-state index contributed by atoms with van der Waals surface area (Å²) in [5.74, 6) is 1.00. The molecule has 2 aromatic rings. The molecule has 90 valence electrons. The van der Waals surface area contributed by atoms with Crippen molar-refractivity contribution in [2.75, 3.05) is 0 Å². The fourth-order valence-electron chi connectivity index (χ4n) is 1.21. The molecule has 2 heterocycles. The van der Waals surface area contributed by atoms with Gasteiger partial charge in [0.25, 0.3) is 0 Å². The zero-order chi connectivity index (χ0) is 12.4. The summed E-state index contributed by atoms with van der Waals surface area (Å²) in [6.45, 7) is 3.71. The van der Waals surface area contributed by atoms with Crippen LogP contribution in [0, 0.1) is 5.92 Å². The number of Topliss-reactive ketones (excluding diaryl/α,β-unsaturated/α-hetero) is 1. The molecule has 0 atom stereocenters. The summed E-state index contributed by atoms with van der Waals surface area (Å²) in [7, 11) is 0. The van der Waals surface area contributed by atoms with Crippen molar-refractivity contribution in [1.82, 2.24) is 10.1 Å². The summed E-state index contributed by atoms with van der Waals surface area (Å²) in [4.78, 5) is 16.7. The molecule has 0 aliphatic rings. The Hall–Kier alpha value is -1.01. The van der Waals surface area contributed by atoms with E-state index in [2.05, 4.69) is 26.1 Å². The molecule has 0 unspecified atom stereocenters. The molecule has 0 aliphatic carbocycles. The minimum Gasteiger partial charge on any atom is -0.338 e. The van der Waals surface area contributed by atoms with E-state index in [1.54, 1.807) is 0 Å². The molecule has 0 saturated heterocycles. The van der Waals surface area contributed by atoms with Crippen molar-refractivity contribution in [2.24, 2.45) is 5.92 Å². The monoisotopic (exact) mass is 314 g/mol. The Bertz CT molecular complexity index is 533. The molecule has 17 heavy (non-hydrogen) atoms. The second-order valence-corrected chi connectivity index (χ2v) is 6.38. The van der Waals surface area contributed by atoms with Crippen molar-refractivity contribution in [2.45, 2.75) is 20.3 Å². The highest BCUT2D eigenvalue weighted by atomic mass is 79.9. The van der Waals surface area contributed by atoms with Gasteiger partial charge < -0.3 is 4.52 Å². The second kappa shape index (κ2) is 5.10. The quantitative estimate of drug-likeness (QED) is 0.868. The van der Waals surface area contributed by atoms with Gasteiger partial charge >= 0.3 is 0 Å². The third kappa shape index (κ3) is 3.01. The van der Waals surface area contributed by atoms with Crippen molar-refractivity contribution < 1.29 is 9.32 Å². The molecule has 0 amide bonds. The third-order valence-electron chi connectivity index (χ3n) is 2.23. The van der Waals surface area contributed by atoms with E-state index in [0.717, 1.165) is 8.66 Å². The van der Waals surface area contributed by atoms with Gasteiger partial charge in [-0.2, -0.15) is 4.98 Å². The van der Waals surface area contributed by atoms with Gasteiger partial charge in [0.1, 0.15) is 5.78 Å². The Morgan fingerprint density at radius 2 is 2.29 bits per heavy atom. The second-order valence-electron chi connectivity index (χ2n) is 3.91. The van der Waals surface area contributed by atoms with E-state index in [9.17, 15) is 4.79 Å². The van der Waals surface area contributed by atoms with Crippen molar-refractivity contribution in [3.8, 4) is 10.7 Å². The van der Waals surface area contributed by atoms with Crippen LogP contribution in [0.1, 0.15) is 19.7 Å². The number of ketones is 1. The Morgan fingerprint density at radius 3 is 2.88 bits per heavy atom. The first-order valence-corrected chi connectivity index (χ1v) is 6.78. The molecule has 6 heteroatoms. The molecular formula is C11H11BrN2O2S. The van der Waals surface area contributed by atoms with E-state index in [1.807, 2.05) is 26.0 Å². The molecule has 0 fully saturated rings. The maximum atomic E-state index is 11.5. The molecule has 0 aliphatic heterocycles. The van der Waals surface area contributed by atoms with Crippen molar-refractivity contribution in [3.63, 3.8) is 0 Å². The van der Waals surface area contributed by atoms with Crippen LogP contribution in [0.25, 0.3) is 10.7 Å². The fourth-order valence-corrected chi connectivity index (χ4v) is 2.53. The van der Waals surface area contributed by atoms with E-state index in [4.69, 9.17) is 4.52 Å². The lowest BCUT2D eigenvalue weighted by molar-refractivity contribution is -0.121. The summed E-state index contributed by atoms with van der Waals surface area (Å²) in [5.41, 5.74) is 0. The number of rotatable bonds is 4. The van der Waals surface area contributed by atoms with Gasteiger partial charge in [0.05, 0.1) is 15.1 Å². The smallest absolute Gasteiger partial charge is 0.234 e. The van der Waals surface area contributed by atoms with E-state index in [-0.39, 0.29) is 18.1 Å². The van der Waals surface area contributed by atoms with E-state index in [0.29, 0.717) is 11.7 Å². The lowest BCUT2D eigenvalue weighted by Crippen LogP contribution is -2.10. The highest BCUT2D eigenvalue weighted by molar-refractivity contribution is 9.11. The Morgan fingerprint density at radius 1 is 1.53 bits per heavy atom. The van der Waals surface area contributed by atoms with Gasteiger partial charge in [-0.3, -0.25) is 4.79 Å². The first kappa shape index (κ1) is 12.4. The normalized spacial score (nSPS) is 11.1. The summed E-state index contributed by atoms with van der Waals surface area (Å²) in [6, 6.07) is 3.84. The molecule has 0 N–H and O–H groups in total. The minimum absolute atomic E-state index is 0.0127. The molecule has 0 spiro atoms. The highest BCUT2D eigenvalue weighted by Crippen LogP contribution is 2.29. The number of aromatic nitrogens is 2. The molecule has 0 saturated carbocycles. The molecule has 4 nitrogen and oxygen atoms in total. The summed E-state index contributed by atoms with van der Waals surface area (Å²) in [5, 5.41) is 3.86. The van der Waals surface area contributed by atoms with Crippen LogP contribution in [-0.2, 0) is 11.2 Å². The van der Waals surface area contributed by atoms with Crippen LogP contribution >= 0.6 is 27.3 Å². The lowest BCUT2D eigenvalue weighted by atomic mass is 10.1. The van der Waals surface area contributed by atoms with Crippen LogP contribution in [0.5, 0.6) is 0 Å². The summed E-state index contributed by atoms with van der Waals surface area (Å²) >= 11 is 4.90. The minimum atomic E-state index is -0.0127. The Kier molecular flexibility index (Phi) is 3.73. The van der Waals surface area contributed by atoms with Crippen molar-refractivity contribution in [3.05, 3.63) is 21.8 Å². The molecule has 0 aromatic carbocycles. The zero-order valence-corrected chi connectivity index (χ0v) is 11.8. The molecule has 0 radical (unpaired) electrons. The van der Waals surface area contributed by atoms with Gasteiger partial charge in [-0.1, -0.05) is 19.0 Å². The van der Waals surface area contributed by atoms with Crippen LogP contribution in [0.2, 0.25) is 0 Å². The zero-order valence-electron chi connectivity index (χ0n) is 9.44. The maximum Gasteiger partial charge on any atom is 0.234 e. The van der Waals surface area contributed by atoms with Gasteiger partial charge in [0, 0.05) is 5.92 Å². The number of hydrogen-bond donors (Lipinski definition) is 0. The standard InChI is InChI=1S/C11H11BrN2O2S/c1-6(2)7(15)5-10-13-11(14-16-10)8-3-4-9(12)17-8/h3-4,6H,5H2,1-2H3. The van der Waals surface area contributed by atoms with Gasteiger partial charge in [0.2, 0.25) is 11.7 Å². The Labute approximate surface area is 111 Å². The molecule has 0 bridgehead atoms.